The summed E-state index contributed by atoms with van der Waals surface area (Å²) in [5.41, 5.74) is 3.55. The zero-order chi connectivity index (χ0) is 25.1. The van der Waals surface area contributed by atoms with E-state index < -0.39 is 6.04 Å². The molecule has 0 spiro atoms. The van der Waals surface area contributed by atoms with Crippen LogP contribution in [0.1, 0.15) is 43.1 Å². The summed E-state index contributed by atoms with van der Waals surface area (Å²) in [7, 11) is 1.54. The van der Waals surface area contributed by atoms with Crippen LogP contribution >= 0.6 is 0 Å². The molecule has 9 heteroatoms. The Bertz CT molecular complexity index is 1220. The summed E-state index contributed by atoms with van der Waals surface area (Å²) in [6, 6.07) is 9.94. The maximum absolute atomic E-state index is 13.4. The molecule has 0 radical (unpaired) electrons. The van der Waals surface area contributed by atoms with Gasteiger partial charge in [0.25, 0.3) is 5.91 Å². The first-order valence-corrected chi connectivity index (χ1v) is 11.4. The Morgan fingerprint density at radius 1 is 1.20 bits per heavy atom. The highest BCUT2D eigenvalue weighted by Gasteiger charge is 2.33. The number of rotatable bonds is 7. The number of ether oxygens (including phenoxy) is 2. The first kappa shape index (κ1) is 24.0. The highest BCUT2D eigenvalue weighted by Crippen LogP contribution is 2.39. The molecule has 35 heavy (non-hydrogen) atoms. The van der Waals surface area contributed by atoms with Crippen LogP contribution in [-0.2, 0) is 9.59 Å². The van der Waals surface area contributed by atoms with Crippen LogP contribution in [0.3, 0.4) is 0 Å². The SMILES string of the molecule is CCOc1cc2c(cc1OC)C(=O)N1C=C(c3ccc(NC(=O)[C@H](C)NC(C)=O)cc3)C[C@H]1C=N2. The zero-order valence-corrected chi connectivity index (χ0v) is 20.1. The Labute approximate surface area is 203 Å². The fraction of sp³-hybridized carbons (Fsp3) is 0.308. The Balaban J connectivity index is 1.52. The van der Waals surface area contributed by atoms with E-state index in [1.165, 1.54) is 14.0 Å². The summed E-state index contributed by atoms with van der Waals surface area (Å²) in [6.07, 6.45) is 4.25. The number of hydrogen-bond acceptors (Lipinski definition) is 6. The Kier molecular flexibility index (Phi) is 6.86. The molecule has 2 aromatic carbocycles. The van der Waals surface area contributed by atoms with Crippen molar-refractivity contribution in [1.29, 1.82) is 0 Å². The van der Waals surface area contributed by atoms with Crippen LogP contribution in [0.25, 0.3) is 5.57 Å². The minimum atomic E-state index is -0.638. The van der Waals surface area contributed by atoms with Gasteiger partial charge in [-0.1, -0.05) is 12.1 Å². The normalized spacial score (nSPS) is 17.0. The molecule has 2 N–H and O–H groups in total. The third-order valence-electron chi connectivity index (χ3n) is 5.85. The standard InChI is InChI=1S/C26H28N4O5/c1-5-35-24-12-22-21(11-23(24)34-4)26(33)30-14-18(10-20(30)13-27-22)17-6-8-19(9-7-17)29-25(32)15(2)28-16(3)31/h6-9,11-15,20H,5,10H2,1-4H3,(H,28,31)(H,29,32)/t15-,20-/m0/s1. The largest absolute Gasteiger partial charge is 0.493 e. The van der Waals surface area contributed by atoms with Crippen molar-refractivity contribution in [2.45, 2.75) is 39.3 Å². The van der Waals surface area contributed by atoms with E-state index in [1.807, 2.05) is 25.3 Å². The van der Waals surface area contributed by atoms with Gasteiger partial charge in [0.15, 0.2) is 11.5 Å². The maximum atomic E-state index is 13.4. The third kappa shape index (κ3) is 5.03. The molecule has 4 rings (SSSR count). The average molecular weight is 477 g/mol. The quantitative estimate of drug-likeness (QED) is 0.635. The number of amides is 3. The smallest absolute Gasteiger partial charge is 0.260 e. The fourth-order valence-electron chi connectivity index (χ4n) is 4.12. The second-order valence-electron chi connectivity index (χ2n) is 8.36. The molecule has 2 heterocycles. The van der Waals surface area contributed by atoms with E-state index >= 15 is 0 Å². The van der Waals surface area contributed by atoms with E-state index in [2.05, 4.69) is 15.6 Å². The van der Waals surface area contributed by atoms with Crippen LogP contribution in [0.4, 0.5) is 11.4 Å². The van der Waals surface area contributed by atoms with Crippen LogP contribution in [0.15, 0.2) is 47.6 Å². The van der Waals surface area contributed by atoms with Gasteiger partial charge < -0.3 is 25.0 Å². The lowest BCUT2D eigenvalue weighted by molar-refractivity contribution is -0.124. The molecular formula is C26H28N4O5. The lowest BCUT2D eigenvalue weighted by Crippen LogP contribution is -2.40. The second-order valence-corrected chi connectivity index (χ2v) is 8.36. The summed E-state index contributed by atoms with van der Waals surface area (Å²) in [6.45, 7) is 5.35. The molecule has 0 fully saturated rings. The van der Waals surface area contributed by atoms with Crippen LogP contribution in [-0.4, -0.2) is 54.6 Å². The van der Waals surface area contributed by atoms with Crippen molar-refractivity contribution in [3.8, 4) is 11.5 Å². The molecule has 3 amide bonds. The van der Waals surface area contributed by atoms with Crippen molar-refractivity contribution in [2.75, 3.05) is 19.0 Å². The molecule has 0 saturated heterocycles. The highest BCUT2D eigenvalue weighted by atomic mass is 16.5. The summed E-state index contributed by atoms with van der Waals surface area (Å²) >= 11 is 0. The lowest BCUT2D eigenvalue weighted by atomic mass is 10.0. The van der Waals surface area contributed by atoms with Crippen molar-refractivity contribution in [3.63, 3.8) is 0 Å². The molecule has 0 saturated carbocycles. The van der Waals surface area contributed by atoms with E-state index in [4.69, 9.17) is 9.47 Å². The van der Waals surface area contributed by atoms with E-state index in [9.17, 15) is 14.4 Å². The topological polar surface area (TPSA) is 109 Å². The van der Waals surface area contributed by atoms with Gasteiger partial charge in [-0.25, -0.2) is 0 Å². The van der Waals surface area contributed by atoms with Crippen LogP contribution < -0.4 is 20.1 Å². The van der Waals surface area contributed by atoms with E-state index in [1.54, 1.807) is 42.3 Å². The molecule has 2 aliphatic heterocycles. The van der Waals surface area contributed by atoms with E-state index in [-0.39, 0.29) is 23.8 Å². The van der Waals surface area contributed by atoms with Gasteiger partial charge in [-0.05, 0) is 43.2 Å². The molecule has 0 aliphatic carbocycles. The van der Waals surface area contributed by atoms with Crippen LogP contribution in [0.2, 0.25) is 0 Å². The molecular weight excluding hydrogens is 448 g/mol. The molecule has 2 aliphatic rings. The molecule has 182 valence electrons. The van der Waals surface area contributed by atoms with Gasteiger partial charge in [0.1, 0.15) is 6.04 Å². The minimum Gasteiger partial charge on any atom is -0.493 e. The first-order chi connectivity index (χ1) is 16.8. The number of hydrogen-bond donors (Lipinski definition) is 2. The number of carbonyl (C=O) groups excluding carboxylic acids is 3. The van der Waals surface area contributed by atoms with Crippen LogP contribution in [0, 0.1) is 0 Å². The number of anilines is 1. The maximum Gasteiger partial charge on any atom is 0.260 e. The van der Waals surface area contributed by atoms with Gasteiger partial charge in [-0.15, -0.1) is 0 Å². The zero-order valence-electron chi connectivity index (χ0n) is 20.1. The summed E-state index contributed by atoms with van der Waals surface area (Å²) in [4.78, 5) is 43.0. The molecule has 2 atom stereocenters. The van der Waals surface area contributed by atoms with Gasteiger partial charge in [0, 0.05) is 37.5 Å². The molecule has 0 unspecified atom stereocenters. The van der Waals surface area contributed by atoms with Crippen LogP contribution in [0.5, 0.6) is 11.5 Å². The highest BCUT2D eigenvalue weighted by molar-refractivity contribution is 6.05. The van der Waals surface area contributed by atoms with Crippen molar-refractivity contribution >= 4 is 40.9 Å². The summed E-state index contributed by atoms with van der Waals surface area (Å²) < 4.78 is 11.0. The van der Waals surface area contributed by atoms with E-state index in [0.717, 1.165) is 11.1 Å². The minimum absolute atomic E-state index is 0.158. The lowest BCUT2D eigenvalue weighted by Gasteiger charge is -2.19. The van der Waals surface area contributed by atoms with Gasteiger partial charge in [0.2, 0.25) is 11.8 Å². The number of nitrogens with zero attached hydrogens (tertiary/aromatic N) is 2. The first-order valence-electron chi connectivity index (χ1n) is 11.4. The average Bonchev–Trinajstić information content (AvgIpc) is 3.22. The predicted octanol–water partition coefficient (Wildman–Crippen LogP) is 3.53. The molecule has 0 bridgehead atoms. The van der Waals surface area contributed by atoms with Gasteiger partial charge in [0.05, 0.1) is 31.0 Å². The van der Waals surface area contributed by atoms with Crippen molar-refractivity contribution in [1.82, 2.24) is 10.2 Å². The molecule has 9 nitrogen and oxygen atoms in total. The number of aliphatic imine (C=N–C) groups is 1. The van der Waals surface area contributed by atoms with Crippen molar-refractivity contribution in [2.24, 2.45) is 4.99 Å². The number of benzene rings is 2. The number of fused-ring (bicyclic) bond motifs is 2. The summed E-state index contributed by atoms with van der Waals surface area (Å²) in [5.74, 6) is 0.314. The number of carbonyl (C=O) groups is 3. The Morgan fingerprint density at radius 2 is 1.94 bits per heavy atom. The van der Waals surface area contributed by atoms with E-state index in [0.29, 0.717) is 41.5 Å². The van der Waals surface area contributed by atoms with Crippen molar-refractivity contribution < 1.29 is 23.9 Å². The van der Waals surface area contributed by atoms with Gasteiger partial charge in [-0.2, -0.15) is 0 Å². The number of nitrogens with one attached hydrogen (secondary N) is 2. The monoisotopic (exact) mass is 476 g/mol. The Hall–Kier alpha value is -4.14. The van der Waals surface area contributed by atoms with Gasteiger partial charge >= 0.3 is 0 Å². The van der Waals surface area contributed by atoms with Gasteiger partial charge in [-0.3, -0.25) is 19.4 Å². The molecule has 0 aromatic heterocycles. The number of methoxy groups -OCH3 is 1. The predicted molar refractivity (Wildman–Crippen MR) is 133 cm³/mol. The summed E-state index contributed by atoms with van der Waals surface area (Å²) in [5, 5.41) is 5.34. The fourth-order valence-corrected chi connectivity index (χ4v) is 4.12. The Morgan fingerprint density at radius 3 is 2.60 bits per heavy atom. The van der Waals surface area contributed by atoms with Crippen molar-refractivity contribution in [3.05, 3.63) is 53.7 Å². The second kappa shape index (κ2) is 10.0. The third-order valence-corrected chi connectivity index (χ3v) is 5.85. The molecule has 2 aromatic rings.